The highest BCUT2D eigenvalue weighted by atomic mass is 15.1. The summed E-state index contributed by atoms with van der Waals surface area (Å²) < 4.78 is 0. The zero-order chi connectivity index (χ0) is 10.1. The van der Waals surface area contributed by atoms with Crippen LogP contribution in [-0.2, 0) is 0 Å². The monoisotopic (exact) mass is 189 g/mol. The SMILES string of the molecule is CC(c1c[nH]c2ncccc12)N(C)C. The number of H-pyrrole nitrogens is 1. The van der Waals surface area contributed by atoms with Gasteiger partial charge in [0.1, 0.15) is 5.65 Å². The van der Waals surface area contributed by atoms with Gasteiger partial charge in [0.2, 0.25) is 0 Å². The van der Waals surface area contributed by atoms with Crippen LogP contribution in [-0.4, -0.2) is 29.0 Å². The first-order valence-electron chi connectivity index (χ1n) is 4.78. The van der Waals surface area contributed by atoms with E-state index in [1.54, 1.807) is 0 Å². The maximum Gasteiger partial charge on any atom is 0.137 e. The maximum atomic E-state index is 4.27. The Labute approximate surface area is 83.8 Å². The van der Waals surface area contributed by atoms with Gasteiger partial charge in [0.05, 0.1) is 0 Å². The Bertz CT molecular complexity index is 431. The summed E-state index contributed by atoms with van der Waals surface area (Å²) in [6.45, 7) is 2.19. The van der Waals surface area contributed by atoms with Crippen molar-refractivity contribution in [2.45, 2.75) is 13.0 Å². The first kappa shape index (κ1) is 9.21. The van der Waals surface area contributed by atoms with E-state index in [-0.39, 0.29) is 0 Å². The van der Waals surface area contributed by atoms with Gasteiger partial charge in [-0.05, 0) is 38.7 Å². The zero-order valence-corrected chi connectivity index (χ0v) is 8.78. The normalized spacial score (nSPS) is 13.7. The quantitative estimate of drug-likeness (QED) is 0.785. The Morgan fingerprint density at radius 3 is 2.93 bits per heavy atom. The molecule has 0 fully saturated rings. The molecule has 0 aliphatic heterocycles. The lowest BCUT2D eigenvalue weighted by Crippen LogP contribution is -2.16. The van der Waals surface area contributed by atoms with Gasteiger partial charge in [-0.3, -0.25) is 0 Å². The fourth-order valence-corrected chi connectivity index (χ4v) is 1.60. The third-order valence-corrected chi connectivity index (χ3v) is 2.71. The average molecular weight is 189 g/mol. The molecule has 2 rings (SSSR count). The van der Waals surface area contributed by atoms with Gasteiger partial charge < -0.3 is 9.88 Å². The number of nitrogens with one attached hydrogen (secondary N) is 1. The highest BCUT2D eigenvalue weighted by Crippen LogP contribution is 2.24. The van der Waals surface area contributed by atoms with Crippen LogP contribution in [0.5, 0.6) is 0 Å². The number of nitrogens with zero attached hydrogens (tertiary/aromatic N) is 2. The molecule has 0 aromatic carbocycles. The second kappa shape index (κ2) is 3.42. The van der Waals surface area contributed by atoms with Gasteiger partial charge in [-0.1, -0.05) is 0 Å². The third kappa shape index (κ3) is 1.40. The molecule has 3 nitrogen and oxygen atoms in total. The molecule has 0 aliphatic rings. The minimum atomic E-state index is 0.410. The van der Waals surface area contributed by atoms with E-state index in [1.807, 2.05) is 18.5 Å². The second-order valence-electron chi connectivity index (χ2n) is 3.78. The molecule has 3 heteroatoms. The lowest BCUT2D eigenvalue weighted by atomic mass is 10.1. The average Bonchev–Trinajstić information content (AvgIpc) is 2.60. The molecular formula is C11H15N3. The third-order valence-electron chi connectivity index (χ3n) is 2.71. The van der Waals surface area contributed by atoms with Crippen molar-refractivity contribution in [3.05, 3.63) is 30.1 Å². The van der Waals surface area contributed by atoms with Gasteiger partial charge >= 0.3 is 0 Å². The summed E-state index contributed by atoms with van der Waals surface area (Å²) in [6.07, 6.45) is 3.85. The molecule has 0 radical (unpaired) electrons. The van der Waals surface area contributed by atoms with E-state index < -0.39 is 0 Å². The second-order valence-corrected chi connectivity index (χ2v) is 3.78. The summed E-state index contributed by atoms with van der Waals surface area (Å²) in [5.74, 6) is 0. The number of aromatic amines is 1. The Morgan fingerprint density at radius 2 is 2.21 bits per heavy atom. The standard InChI is InChI=1S/C11H15N3/c1-8(14(2)3)10-7-13-11-9(10)5-4-6-12-11/h4-8H,1-3H3,(H,12,13). The van der Waals surface area contributed by atoms with Crippen LogP contribution in [0.25, 0.3) is 11.0 Å². The molecule has 0 aliphatic carbocycles. The summed E-state index contributed by atoms with van der Waals surface area (Å²) in [5, 5.41) is 1.22. The van der Waals surface area contributed by atoms with Crippen LogP contribution in [0.4, 0.5) is 0 Å². The minimum absolute atomic E-state index is 0.410. The first-order chi connectivity index (χ1) is 6.70. The van der Waals surface area contributed by atoms with Crippen molar-refractivity contribution < 1.29 is 0 Å². The number of fused-ring (bicyclic) bond motifs is 1. The predicted molar refractivity (Wildman–Crippen MR) is 58.2 cm³/mol. The molecule has 74 valence electrons. The van der Waals surface area contributed by atoms with Crippen molar-refractivity contribution in [2.75, 3.05) is 14.1 Å². The van der Waals surface area contributed by atoms with Crippen molar-refractivity contribution >= 4 is 11.0 Å². The van der Waals surface area contributed by atoms with Gasteiger partial charge in [-0.2, -0.15) is 0 Å². The Hall–Kier alpha value is -1.35. The summed E-state index contributed by atoms with van der Waals surface area (Å²) in [7, 11) is 4.17. The molecule has 0 amide bonds. The van der Waals surface area contributed by atoms with Crippen LogP contribution < -0.4 is 0 Å². The summed E-state index contributed by atoms with van der Waals surface area (Å²) in [6, 6.07) is 4.49. The summed E-state index contributed by atoms with van der Waals surface area (Å²) in [5.41, 5.74) is 2.27. The lowest BCUT2D eigenvalue weighted by molar-refractivity contribution is 0.323. The molecule has 14 heavy (non-hydrogen) atoms. The number of hydrogen-bond donors (Lipinski definition) is 1. The van der Waals surface area contributed by atoms with E-state index in [0.717, 1.165) is 5.65 Å². The van der Waals surface area contributed by atoms with Crippen molar-refractivity contribution in [2.24, 2.45) is 0 Å². The first-order valence-corrected chi connectivity index (χ1v) is 4.78. The van der Waals surface area contributed by atoms with Crippen molar-refractivity contribution in [1.29, 1.82) is 0 Å². The Balaban J connectivity index is 2.53. The van der Waals surface area contributed by atoms with Crippen molar-refractivity contribution in [3.8, 4) is 0 Å². The highest BCUT2D eigenvalue weighted by molar-refractivity contribution is 5.79. The molecule has 0 saturated carbocycles. The maximum absolute atomic E-state index is 4.27. The summed E-state index contributed by atoms with van der Waals surface area (Å²) in [4.78, 5) is 9.65. The van der Waals surface area contributed by atoms with Crippen LogP contribution >= 0.6 is 0 Å². The van der Waals surface area contributed by atoms with Gasteiger partial charge in [0, 0.05) is 23.8 Å². The van der Waals surface area contributed by atoms with E-state index in [9.17, 15) is 0 Å². The topological polar surface area (TPSA) is 31.9 Å². The molecule has 0 saturated heterocycles. The van der Waals surface area contributed by atoms with E-state index in [1.165, 1.54) is 10.9 Å². The van der Waals surface area contributed by atoms with Crippen LogP contribution in [0.1, 0.15) is 18.5 Å². The lowest BCUT2D eigenvalue weighted by Gasteiger charge is -2.18. The van der Waals surface area contributed by atoms with Crippen molar-refractivity contribution in [3.63, 3.8) is 0 Å². The number of rotatable bonds is 2. The van der Waals surface area contributed by atoms with Gasteiger partial charge in [0.25, 0.3) is 0 Å². The highest BCUT2D eigenvalue weighted by Gasteiger charge is 2.12. The molecule has 1 N–H and O–H groups in total. The van der Waals surface area contributed by atoms with Crippen LogP contribution in [0, 0.1) is 0 Å². The van der Waals surface area contributed by atoms with E-state index >= 15 is 0 Å². The van der Waals surface area contributed by atoms with Gasteiger partial charge in [-0.25, -0.2) is 4.98 Å². The Kier molecular flexibility index (Phi) is 2.25. The molecule has 2 heterocycles. The van der Waals surface area contributed by atoms with Gasteiger partial charge in [-0.15, -0.1) is 0 Å². The van der Waals surface area contributed by atoms with E-state index in [0.29, 0.717) is 6.04 Å². The minimum Gasteiger partial charge on any atom is -0.346 e. The fraction of sp³-hybridized carbons (Fsp3) is 0.364. The molecule has 0 spiro atoms. The largest absolute Gasteiger partial charge is 0.346 e. The van der Waals surface area contributed by atoms with E-state index in [2.05, 4.69) is 42.0 Å². The molecule has 0 bridgehead atoms. The fourth-order valence-electron chi connectivity index (χ4n) is 1.60. The van der Waals surface area contributed by atoms with Crippen molar-refractivity contribution in [1.82, 2.24) is 14.9 Å². The number of hydrogen-bond acceptors (Lipinski definition) is 2. The molecule has 1 atom stereocenters. The number of pyridine rings is 1. The molecule has 2 aromatic heterocycles. The van der Waals surface area contributed by atoms with E-state index in [4.69, 9.17) is 0 Å². The predicted octanol–water partition coefficient (Wildman–Crippen LogP) is 2.19. The van der Waals surface area contributed by atoms with Crippen LogP contribution in [0.3, 0.4) is 0 Å². The summed E-state index contributed by atoms with van der Waals surface area (Å²) >= 11 is 0. The van der Waals surface area contributed by atoms with Gasteiger partial charge in [0.15, 0.2) is 0 Å². The smallest absolute Gasteiger partial charge is 0.137 e. The van der Waals surface area contributed by atoms with Crippen LogP contribution in [0.15, 0.2) is 24.5 Å². The zero-order valence-electron chi connectivity index (χ0n) is 8.78. The Morgan fingerprint density at radius 1 is 1.43 bits per heavy atom. The molecular weight excluding hydrogens is 174 g/mol. The molecule has 1 unspecified atom stereocenters. The number of aromatic nitrogens is 2. The molecule has 2 aromatic rings. The van der Waals surface area contributed by atoms with Crippen LogP contribution in [0.2, 0.25) is 0 Å².